The molecule has 0 radical (unpaired) electrons. The van der Waals surface area contributed by atoms with E-state index in [1.54, 1.807) is 24.8 Å². The molecule has 5 heteroatoms. The first kappa shape index (κ1) is 11.3. The number of thioether (sulfide) groups is 1. The molecule has 0 saturated carbocycles. The summed E-state index contributed by atoms with van der Waals surface area (Å²) in [6, 6.07) is 5.10. The average molecular weight is 232 g/mol. The molecule has 0 aliphatic carbocycles. The maximum atomic E-state index is 10.5. The molecule has 0 N–H and O–H groups in total. The second-order valence-corrected chi connectivity index (χ2v) is 4.29. The highest BCUT2D eigenvalue weighted by atomic mass is 35.5. The van der Waals surface area contributed by atoms with Crippen molar-refractivity contribution in [2.24, 2.45) is 0 Å². The van der Waals surface area contributed by atoms with E-state index in [0.717, 1.165) is 10.6 Å². The van der Waals surface area contributed by atoms with Gasteiger partial charge in [0.15, 0.2) is 0 Å². The van der Waals surface area contributed by atoms with Crippen LogP contribution < -0.4 is 0 Å². The van der Waals surface area contributed by atoms with Gasteiger partial charge in [-0.1, -0.05) is 0 Å². The predicted molar refractivity (Wildman–Crippen MR) is 59.3 cm³/mol. The van der Waals surface area contributed by atoms with E-state index >= 15 is 0 Å². The monoisotopic (exact) mass is 231 g/mol. The number of nitro groups is 1. The summed E-state index contributed by atoms with van der Waals surface area (Å²) in [7, 11) is 0. The fourth-order valence-electron chi connectivity index (χ4n) is 1.08. The molecule has 0 aromatic heterocycles. The van der Waals surface area contributed by atoms with Crippen molar-refractivity contribution in [1.29, 1.82) is 0 Å². The largest absolute Gasteiger partial charge is 0.272 e. The van der Waals surface area contributed by atoms with Gasteiger partial charge in [0.25, 0.3) is 5.69 Å². The molecule has 0 aliphatic heterocycles. The van der Waals surface area contributed by atoms with E-state index in [9.17, 15) is 10.1 Å². The average Bonchev–Trinajstić information content (AvgIpc) is 2.14. The topological polar surface area (TPSA) is 43.1 Å². The molecular weight excluding hydrogens is 222 g/mol. The zero-order valence-electron chi connectivity index (χ0n) is 7.70. The van der Waals surface area contributed by atoms with Crippen molar-refractivity contribution < 1.29 is 4.92 Å². The molecule has 0 unspecified atom stereocenters. The minimum Gasteiger partial charge on any atom is -0.258 e. The van der Waals surface area contributed by atoms with Gasteiger partial charge >= 0.3 is 0 Å². The lowest BCUT2D eigenvalue weighted by atomic mass is 10.2. The van der Waals surface area contributed by atoms with E-state index in [4.69, 9.17) is 11.6 Å². The van der Waals surface area contributed by atoms with Crippen molar-refractivity contribution in [2.45, 2.75) is 11.8 Å². The van der Waals surface area contributed by atoms with Gasteiger partial charge in [0, 0.05) is 28.2 Å². The first-order valence-corrected chi connectivity index (χ1v) is 5.61. The van der Waals surface area contributed by atoms with Crippen LogP contribution in [0.1, 0.15) is 5.56 Å². The second-order valence-electron chi connectivity index (χ2n) is 2.74. The van der Waals surface area contributed by atoms with Crippen molar-refractivity contribution in [1.82, 2.24) is 0 Å². The Hall–Kier alpha value is -0.740. The molecule has 1 aromatic rings. The summed E-state index contributed by atoms with van der Waals surface area (Å²) in [5, 5.41) is 10.5. The first-order chi connectivity index (χ1) is 6.65. The summed E-state index contributed by atoms with van der Waals surface area (Å²) >= 11 is 7.14. The predicted octanol–water partition coefficient (Wildman–Crippen LogP) is 3.23. The standard InChI is InChI=1S/C9H10ClNO2S/c1-7-6-8(14-5-4-10)2-3-9(7)11(12)13/h2-3,6H,4-5H2,1H3. The number of halogens is 1. The van der Waals surface area contributed by atoms with Crippen LogP contribution in [0.5, 0.6) is 0 Å². The number of hydrogen-bond acceptors (Lipinski definition) is 3. The maximum Gasteiger partial charge on any atom is 0.272 e. The SMILES string of the molecule is Cc1cc(SCCCl)ccc1[N+](=O)[O-]. The highest BCUT2D eigenvalue weighted by Gasteiger charge is 2.09. The lowest BCUT2D eigenvalue weighted by Gasteiger charge is -2.01. The van der Waals surface area contributed by atoms with Gasteiger partial charge in [0.05, 0.1) is 4.92 Å². The molecule has 0 aliphatic rings. The normalized spacial score (nSPS) is 10.1. The van der Waals surface area contributed by atoms with Gasteiger partial charge in [-0.05, 0) is 19.1 Å². The fourth-order valence-corrected chi connectivity index (χ4v) is 2.05. The highest BCUT2D eigenvalue weighted by Crippen LogP contribution is 2.25. The van der Waals surface area contributed by atoms with E-state index in [1.165, 1.54) is 6.07 Å². The van der Waals surface area contributed by atoms with Crippen molar-refractivity contribution in [3.05, 3.63) is 33.9 Å². The van der Waals surface area contributed by atoms with Gasteiger partial charge in [0.1, 0.15) is 0 Å². The molecule has 0 atom stereocenters. The number of alkyl halides is 1. The van der Waals surface area contributed by atoms with Crippen LogP contribution >= 0.6 is 23.4 Å². The lowest BCUT2D eigenvalue weighted by molar-refractivity contribution is -0.385. The van der Waals surface area contributed by atoms with Crippen LogP contribution in [0.15, 0.2) is 23.1 Å². The Kier molecular flexibility index (Phi) is 4.22. The Morgan fingerprint density at radius 3 is 2.79 bits per heavy atom. The smallest absolute Gasteiger partial charge is 0.258 e. The molecule has 1 aromatic carbocycles. The number of nitrogens with zero attached hydrogens (tertiary/aromatic N) is 1. The van der Waals surface area contributed by atoms with Gasteiger partial charge in [0.2, 0.25) is 0 Å². The molecular formula is C9H10ClNO2S. The van der Waals surface area contributed by atoms with E-state index in [1.807, 2.05) is 6.07 Å². The minimum atomic E-state index is -0.370. The number of aryl methyl sites for hydroxylation is 1. The molecule has 0 bridgehead atoms. The highest BCUT2D eigenvalue weighted by molar-refractivity contribution is 7.99. The second kappa shape index (κ2) is 5.22. The molecule has 14 heavy (non-hydrogen) atoms. The summed E-state index contributed by atoms with van der Waals surface area (Å²) in [5.41, 5.74) is 0.856. The summed E-state index contributed by atoms with van der Waals surface area (Å²) in [5.74, 6) is 1.40. The molecule has 76 valence electrons. The summed E-state index contributed by atoms with van der Waals surface area (Å²) in [6.07, 6.45) is 0. The first-order valence-electron chi connectivity index (χ1n) is 4.09. The third-order valence-corrected chi connectivity index (χ3v) is 3.12. The van der Waals surface area contributed by atoms with Crippen LogP contribution in [0, 0.1) is 17.0 Å². The van der Waals surface area contributed by atoms with Crippen LogP contribution in [0.3, 0.4) is 0 Å². The Bertz CT molecular complexity index is 344. The van der Waals surface area contributed by atoms with E-state index in [-0.39, 0.29) is 10.6 Å². The zero-order valence-corrected chi connectivity index (χ0v) is 9.27. The van der Waals surface area contributed by atoms with Gasteiger partial charge < -0.3 is 0 Å². The fraction of sp³-hybridized carbons (Fsp3) is 0.333. The number of rotatable bonds is 4. The van der Waals surface area contributed by atoms with Crippen LogP contribution in [0.25, 0.3) is 0 Å². The molecule has 0 fully saturated rings. The Morgan fingerprint density at radius 1 is 1.57 bits per heavy atom. The minimum absolute atomic E-state index is 0.167. The van der Waals surface area contributed by atoms with Crippen LogP contribution in [-0.4, -0.2) is 16.6 Å². The van der Waals surface area contributed by atoms with Gasteiger partial charge in [-0.2, -0.15) is 0 Å². The van der Waals surface area contributed by atoms with Gasteiger partial charge in [-0.25, -0.2) is 0 Å². The summed E-state index contributed by atoms with van der Waals surface area (Å²) < 4.78 is 0. The Labute approximate surface area is 91.6 Å². The molecule has 0 spiro atoms. The summed E-state index contributed by atoms with van der Waals surface area (Å²) in [4.78, 5) is 11.2. The molecule has 0 heterocycles. The van der Waals surface area contributed by atoms with Crippen LogP contribution in [0.4, 0.5) is 5.69 Å². The van der Waals surface area contributed by atoms with Gasteiger partial charge in [-0.3, -0.25) is 10.1 Å². The number of hydrogen-bond donors (Lipinski definition) is 0. The molecule has 0 saturated heterocycles. The van der Waals surface area contributed by atoms with E-state index in [2.05, 4.69) is 0 Å². The lowest BCUT2D eigenvalue weighted by Crippen LogP contribution is -1.91. The van der Waals surface area contributed by atoms with Crippen molar-refractivity contribution >= 4 is 29.1 Å². The van der Waals surface area contributed by atoms with Crippen LogP contribution in [-0.2, 0) is 0 Å². The number of nitro benzene ring substituents is 1. The third kappa shape index (κ3) is 2.89. The van der Waals surface area contributed by atoms with E-state index < -0.39 is 0 Å². The Morgan fingerprint density at radius 2 is 2.29 bits per heavy atom. The van der Waals surface area contributed by atoms with Crippen molar-refractivity contribution in [3.63, 3.8) is 0 Å². The molecule has 0 amide bonds. The maximum absolute atomic E-state index is 10.5. The van der Waals surface area contributed by atoms with Crippen molar-refractivity contribution in [3.8, 4) is 0 Å². The summed E-state index contributed by atoms with van der Waals surface area (Å²) in [6.45, 7) is 1.74. The van der Waals surface area contributed by atoms with Gasteiger partial charge in [-0.15, -0.1) is 23.4 Å². The zero-order chi connectivity index (χ0) is 10.6. The van der Waals surface area contributed by atoms with Crippen molar-refractivity contribution in [2.75, 3.05) is 11.6 Å². The van der Waals surface area contributed by atoms with E-state index in [0.29, 0.717) is 11.4 Å². The molecule has 3 nitrogen and oxygen atoms in total. The quantitative estimate of drug-likeness (QED) is 0.346. The molecule has 1 rings (SSSR count). The number of benzene rings is 1. The third-order valence-electron chi connectivity index (χ3n) is 1.71. The Balaban J connectivity index is 2.83. The van der Waals surface area contributed by atoms with Crippen LogP contribution in [0.2, 0.25) is 0 Å².